The van der Waals surface area contributed by atoms with Crippen LogP contribution in [0.25, 0.3) is 10.2 Å². The van der Waals surface area contributed by atoms with E-state index in [2.05, 4.69) is 10.3 Å². The van der Waals surface area contributed by atoms with E-state index in [0.29, 0.717) is 17.9 Å². The maximum absolute atomic E-state index is 12.1. The van der Waals surface area contributed by atoms with Crippen LogP contribution in [0, 0.1) is 13.8 Å². The number of hydrogen-bond acceptors (Lipinski definition) is 4. The van der Waals surface area contributed by atoms with Gasteiger partial charge in [-0.15, -0.1) is 11.3 Å². The standard InChI is InChI=1S/C15H14N2O2S/c1-9-7-11(10(2)19-9)15(18)16-8-14-17-12-5-3-4-6-13(12)20-14/h3-7H,8H2,1-2H3,(H,16,18). The maximum Gasteiger partial charge on any atom is 0.255 e. The fraction of sp³-hybridized carbons (Fsp3) is 0.200. The topological polar surface area (TPSA) is 55.1 Å². The summed E-state index contributed by atoms with van der Waals surface area (Å²) in [5.41, 5.74) is 1.56. The highest BCUT2D eigenvalue weighted by molar-refractivity contribution is 7.18. The molecule has 0 unspecified atom stereocenters. The van der Waals surface area contributed by atoms with E-state index in [1.807, 2.05) is 31.2 Å². The second-order valence-corrected chi connectivity index (χ2v) is 5.70. The maximum atomic E-state index is 12.1. The Hall–Kier alpha value is -2.14. The van der Waals surface area contributed by atoms with Crippen LogP contribution >= 0.6 is 11.3 Å². The summed E-state index contributed by atoms with van der Waals surface area (Å²) in [7, 11) is 0. The SMILES string of the molecule is Cc1cc(C(=O)NCc2nc3ccccc3s2)c(C)o1. The molecule has 1 aromatic carbocycles. The first kappa shape index (κ1) is 12.9. The van der Waals surface area contributed by atoms with Gasteiger partial charge < -0.3 is 9.73 Å². The zero-order valence-electron chi connectivity index (χ0n) is 11.3. The van der Waals surface area contributed by atoms with Gasteiger partial charge >= 0.3 is 0 Å². The van der Waals surface area contributed by atoms with Gasteiger partial charge in [-0.05, 0) is 32.0 Å². The van der Waals surface area contributed by atoms with Gasteiger partial charge in [-0.25, -0.2) is 4.98 Å². The van der Waals surface area contributed by atoms with Crippen molar-refractivity contribution in [3.05, 3.63) is 52.4 Å². The van der Waals surface area contributed by atoms with E-state index in [0.717, 1.165) is 21.0 Å². The summed E-state index contributed by atoms with van der Waals surface area (Å²) >= 11 is 1.59. The summed E-state index contributed by atoms with van der Waals surface area (Å²) in [4.78, 5) is 16.6. The zero-order valence-corrected chi connectivity index (χ0v) is 12.1. The van der Waals surface area contributed by atoms with Crippen LogP contribution in [-0.2, 0) is 6.54 Å². The second-order valence-electron chi connectivity index (χ2n) is 4.58. The molecule has 0 saturated heterocycles. The molecule has 0 atom stereocenters. The van der Waals surface area contributed by atoms with Crippen molar-refractivity contribution in [3.63, 3.8) is 0 Å². The number of aryl methyl sites for hydroxylation is 2. The van der Waals surface area contributed by atoms with Crippen LogP contribution in [0.1, 0.15) is 26.9 Å². The average Bonchev–Trinajstić information content (AvgIpc) is 2.98. The monoisotopic (exact) mass is 286 g/mol. The minimum atomic E-state index is -0.126. The molecule has 1 amide bonds. The molecule has 0 spiro atoms. The summed E-state index contributed by atoms with van der Waals surface area (Å²) in [5, 5.41) is 3.78. The summed E-state index contributed by atoms with van der Waals surface area (Å²) in [6.45, 7) is 4.05. The van der Waals surface area contributed by atoms with Crippen molar-refractivity contribution in [1.29, 1.82) is 0 Å². The predicted molar refractivity (Wildman–Crippen MR) is 79.0 cm³/mol. The number of thiazole rings is 1. The van der Waals surface area contributed by atoms with Crippen LogP contribution in [-0.4, -0.2) is 10.9 Å². The number of carbonyl (C=O) groups excluding carboxylic acids is 1. The first-order valence-corrected chi connectivity index (χ1v) is 7.15. The molecule has 0 fully saturated rings. The van der Waals surface area contributed by atoms with E-state index < -0.39 is 0 Å². The summed E-state index contributed by atoms with van der Waals surface area (Å²) in [5.74, 6) is 1.26. The molecule has 1 N–H and O–H groups in total. The normalized spacial score (nSPS) is 10.9. The summed E-state index contributed by atoms with van der Waals surface area (Å²) in [6.07, 6.45) is 0. The van der Waals surface area contributed by atoms with E-state index in [1.165, 1.54) is 0 Å². The van der Waals surface area contributed by atoms with E-state index in [1.54, 1.807) is 24.3 Å². The van der Waals surface area contributed by atoms with Gasteiger partial charge in [0.15, 0.2) is 0 Å². The lowest BCUT2D eigenvalue weighted by Gasteiger charge is -2.01. The molecule has 4 nitrogen and oxygen atoms in total. The molecule has 0 bridgehead atoms. The van der Waals surface area contributed by atoms with Crippen molar-refractivity contribution in [2.24, 2.45) is 0 Å². The molecular weight excluding hydrogens is 272 g/mol. The Labute approximate surface area is 120 Å². The van der Waals surface area contributed by atoms with Crippen LogP contribution in [0.3, 0.4) is 0 Å². The molecule has 102 valence electrons. The number of benzene rings is 1. The van der Waals surface area contributed by atoms with E-state index in [4.69, 9.17) is 4.42 Å². The highest BCUT2D eigenvalue weighted by Gasteiger charge is 2.13. The third-order valence-corrected chi connectivity index (χ3v) is 4.06. The van der Waals surface area contributed by atoms with Gasteiger partial charge in [-0.2, -0.15) is 0 Å². The van der Waals surface area contributed by atoms with E-state index >= 15 is 0 Å². The van der Waals surface area contributed by atoms with Gasteiger partial charge in [-0.3, -0.25) is 4.79 Å². The highest BCUT2D eigenvalue weighted by Crippen LogP contribution is 2.21. The highest BCUT2D eigenvalue weighted by atomic mass is 32.1. The molecule has 0 saturated carbocycles. The molecule has 5 heteroatoms. The third kappa shape index (κ3) is 2.44. The van der Waals surface area contributed by atoms with Crippen LogP contribution in [0.4, 0.5) is 0 Å². The van der Waals surface area contributed by atoms with Gasteiger partial charge in [0.25, 0.3) is 5.91 Å². The summed E-state index contributed by atoms with van der Waals surface area (Å²) < 4.78 is 6.49. The Bertz CT molecular complexity index is 740. The fourth-order valence-electron chi connectivity index (χ4n) is 2.10. The number of fused-ring (bicyclic) bond motifs is 1. The van der Waals surface area contributed by atoms with Crippen LogP contribution in [0.5, 0.6) is 0 Å². The van der Waals surface area contributed by atoms with Gasteiger partial charge in [0, 0.05) is 0 Å². The quantitative estimate of drug-likeness (QED) is 0.802. The van der Waals surface area contributed by atoms with Crippen molar-refractivity contribution >= 4 is 27.5 Å². The van der Waals surface area contributed by atoms with Crippen molar-refractivity contribution in [3.8, 4) is 0 Å². The minimum Gasteiger partial charge on any atom is -0.466 e. The number of hydrogen-bond donors (Lipinski definition) is 1. The number of nitrogens with zero attached hydrogens (tertiary/aromatic N) is 1. The molecule has 0 aliphatic carbocycles. The Kier molecular flexibility index (Phi) is 3.28. The lowest BCUT2D eigenvalue weighted by molar-refractivity contribution is 0.0949. The van der Waals surface area contributed by atoms with Gasteiger partial charge in [0.2, 0.25) is 0 Å². The van der Waals surface area contributed by atoms with Crippen molar-refractivity contribution < 1.29 is 9.21 Å². The lowest BCUT2D eigenvalue weighted by atomic mass is 10.2. The van der Waals surface area contributed by atoms with Crippen molar-refractivity contribution in [2.75, 3.05) is 0 Å². The Morgan fingerprint density at radius 3 is 2.85 bits per heavy atom. The minimum absolute atomic E-state index is 0.126. The van der Waals surface area contributed by atoms with Crippen LogP contribution in [0.2, 0.25) is 0 Å². The molecule has 0 aliphatic heterocycles. The zero-order chi connectivity index (χ0) is 14.1. The van der Waals surface area contributed by atoms with E-state index in [9.17, 15) is 4.79 Å². The average molecular weight is 286 g/mol. The largest absolute Gasteiger partial charge is 0.466 e. The van der Waals surface area contributed by atoms with Gasteiger partial charge in [0.1, 0.15) is 16.5 Å². The Balaban J connectivity index is 1.73. The lowest BCUT2D eigenvalue weighted by Crippen LogP contribution is -2.22. The van der Waals surface area contributed by atoms with E-state index in [-0.39, 0.29) is 5.91 Å². The first-order valence-electron chi connectivity index (χ1n) is 6.33. The predicted octanol–water partition coefficient (Wildman–Crippen LogP) is 3.44. The molecule has 2 heterocycles. The smallest absolute Gasteiger partial charge is 0.255 e. The van der Waals surface area contributed by atoms with Crippen LogP contribution < -0.4 is 5.32 Å². The molecule has 2 aromatic heterocycles. The molecule has 20 heavy (non-hydrogen) atoms. The fourth-order valence-corrected chi connectivity index (χ4v) is 3.01. The molecule has 3 aromatic rings. The van der Waals surface area contributed by atoms with Gasteiger partial charge in [0.05, 0.1) is 22.3 Å². The number of aromatic nitrogens is 1. The Morgan fingerprint density at radius 1 is 1.35 bits per heavy atom. The Morgan fingerprint density at radius 2 is 2.15 bits per heavy atom. The number of para-hydroxylation sites is 1. The molecular formula is C15H14N2O2S. The third-order valence-electron chi connectivity index (χ3n) is 3.02. The summed E-state index contributed by atoms with van der Waals surface area (Å²) in [6, 6.07) is 9.70. The number of nitrogens with one attached hydrogen (secondary N) is 1. The number of carbonyl (C=O) groups is 1. The van der Waals surface area contributed by atoms with Crippen LogP contribution in [0.15, 0.2) is 34.7 Å². The first-order chi connectivity index (χ1) is 9.63. The van der Waals surface area contributed by atoms with Crippen molar-refractivity contribution in [1.82, 2.24) is 10.3 Å². The molecule has 3 rings (SSSR count). The molecule has 0 aliphatic rings. The molecule has 0 radical (unpaired) electrons. The number of rotatable bonds is 3. The van der Waals surface area contributed by atoms with Gasteiger partial charge in [-0.1, -0.05) is 12.1 Å². The second kappa shape index (κ2) is 5.09. The number of amides is 1. The van der Waals surface area contributed by atoms with Crippen molar-refractivity contribution in [2.45, 2.75) is 20.4 Å². The number of furan rings is 1.